The fourth-order valence-corrected chi connectivity index (χ4v) is 3.85. The molecule has 4 aromatic carbocycles. The highest BCUT2D eigenvalue weighted by Gasteiger charge is 2.15. The van der Waals surface area contributed by atoms with Crippen LogP contribution in [0.1, 0.15) is 5.56 Å². The second-order valence-electron chi connectivity index (χ2n) is 6.32. The second kappa shape index (κ2) is 4.97. The normalized spacial score (nSPS) is 11.5. The molecular formula is C23H17N. The average molecular weight is 307 g/mol. The van der Waals surface area contributed by atoms with E-state index in [1.807, 2.05) is 0 Å². The molecule has 1 nitrogen and oxygen atoms in total. The molecule has 0 aliphatic heterocycles. The van der Waals surface area contributed by atoms with E-state index in [9.17, 15) is 0 Å². The van der Waals surface area contributed by atoms with E-state index in [1.54, 1.807) is 0 Å². The van der Waals surface area contributed by atoms with Crippen LogP contribution >= 0.6 is 0 Å². The minimum absolute atomic E-state index is 1.21. The van der Waals surface area contributed by atoms with Gasteiger partial charge in [0, 0.05) is 21.8 Å². The number of hydrogen-bond donors (Lipinski definition) is 0. The Kier molecular flexibility index (Phi) is 2.77. The predicted octanol–water partition coefficient (Wildman–Crippen LogP) is 6.25. The minimum Gasteiger partial charge on any atom is -0.309 e. The van der Waals surface area contributed by atoms with E-state index in [0.29, 0.717) is 0 Å². The average Bonchev–Trinajstić information content (AvgIpc) is 2.98. The van der Waals surface area contributed by atoms with Crippen molar-refractivity contribution in [1.29, 1.82) is 0 Å². The molecular weight excluding hydrogens is 290 g/mol. The van der Waals surface area contributed by atoms with Gasteiger partial charge < -0.3 is 4.57 Å². The summed E-state index contributed by atoms with van der Waals surface area (Å²) in [6.07, 6.45) is 0. The van der Waals surface area contributed by atoms with Crippen LogP contribution in [0, 0.1) is 6.92 Å². The van der Waals surface area contributed by atoms with Crippen molar-refractivity contribution < 1.29 is 0 Å². The van der Waals surface area contributed by atoms with Gasteiger partial charge in [0.2, 0.25) is 0 Å². The zero-order chi connectivity index (χ0) is 16.1. The summed E-state index contributed by atoms with van der Waals surface area (Å²) in [5.41, 5.74) is 5.10. The zero-order valence-corrected chi connectivity index (χ0v) is 13.5. The Hall–Kier alpha value is -3.06. The van der Waals surface area contributed by atoms with Crippen molar-refractivity contribution >= 4 is 32.6 Å². The van der Waals surface area contributed by atoms with Crippen LogP contribution in [-0.2, 0) is 0 Å². The summed E-state index contributed by atoms with van der Waals surface area (Å²) in [7, 11) is 0. The lowest BCUT2D eigenvalue weighted by Gasteiger charge is -2.09. The fourth-order valence-electron chi connectivity index (χ4n) is 3.85. The third kappa shape index (κ3) is 1.75. The first-order chi connectivity index (χ1) is 11.8. The largest absolute Gasteiger partial charge is 0.309 e. The number of para-hydroxylation sites is 1. The third-order valence-electron chi connectivity index (χ3n) is 4.90. The maximum absolute atomic E-state index is 2.40. The predicted molar refractivity (Wildman–Crippen MR) is 103 cm³/mol. The van der Waals surface area contributed by atoms with Gasteiger partial charge in [-0.05, 0) is 36.1 Å². The van der Waals surface area contributed by atoms with Crippen LogP contribution in [0.3, 0.4) is 0 Å². The molecule has 0 amide bonds. The van der Waals surface area contributed by atoms with Crippen molar-refractivity contribution in [2.75, 3.05) is 0 Å². The number of aromatic nitrogens is 1. The molecule has 24 heavy (non-hydrogen) atoms. The standard InChI is InChI=1S/C23H17N/c1-16-8-7-13-21-22(16)20-15-14-17-9-5-6-12-19(17)23(20)24(21)18-10-3-2-4-11-18/h2-15H,1H3. The molecule has 0 aliphatic carbocycles. The molecule has 1 aromatic heterocycles. The number of rotatable bonds is 1. The topological polar surface area (TPSA) is 4.93 Å². The molecule has 0 spiro atoms. The van der Waals surface area contributed by atoms with E-state index < -0.39 is 0 Å². The first-order valence-corrected chi connectivity index (χ1v) is 8.31. The van der Waals surface area contributed by atoms with Gasteiger partial charge in [-0.2, -0.15) is 0 Å². The number of benzene rings is 4. The molecule has 114 valence electrons. The molecule has 0 fully saturated rings. The van der Waals surface area contributed by atoms with E-state index in [4.69, 9.17) is 0 Å². The fraction of sp³-hybridized carbons (Fsp3) is 0.0435. The van der Waals surface area contributed by atoms with Crippen molar-refractivity contribution in [3.8, 4) is 5.69 Å². The lowest BCUT2D eigenvalue weighted by atomic mass is 10.0. The Morgan fingerprint density at radius 2 is 1.42 bits per heavy atom. The van der Waals surface area contributed by atoms with Crippen LogP contribution < -0.4 is 0 Å². The first-order valence-electron chi connectivity index (χ1n) is 8.31. The Bertz CT molecular complexity index is 1200. The summed E-state index contributed by atoms with van der Waals surface area (Å²) < 4.78 is 2.40. The highest BCUT2D eigenvalue weighted by molar-refractivity contribution is 6.19. The minimum atomic E-state index is 1.21. The maximum atomic E-state index is 2.40. The molecule has 0 N–H and O–H groups in total. The molecule has 5 rings (SSSR count). The Labute approximate surface area is 140 Å². The first kappa shape index (κ1) is 13.4. The van der Waals surface area contributed by atoms with Crippen molar-refractivity contribution in [2.45, 2.75) is 6.92 Å². The Balaban J connectivity index is 2.12. The van der Waals surface area contributed by atoms with Crippen LogP contribution in [0.15, 0.2) is 84.9 Å². The molecule has 1 heterocycles. The van der Waals surface area contributed by atoms with Crippen LogP contribution in [0.25, 0.3) is 38.3 Å². The summed E-state index contributed by atoms with van der Waals surface area (Å²) in [6.45, 7) is 2.20. The molecule has 0 radical (unpaired) electrons. The lowest BCUT2D eigenvalue weighted by Crippen LogP contribution is -1.93. The lowest BCUT2D eigenvalue weighted by molar-refractivity contribution is 1.19. The smallest absolute Gasteiger partial charge is 0.0619 e. The van der Waals surface area contributed by atoms with Gasteiger partial charge in [0.15, 0.2) is 0 Å². The van der Waals surface area contributed by atoms with Crippen LogP contribution in [-0.4, -0.2) is 4.57 Å². The van der Waals surface area contributed by atoms with Crippen molar-refractivity contribution in [3.63, 3.8) is 0 Å². The van der Waals surface area contributed by atoms with Gasteiger partial charge in [-0.15, -0.1) is 0 Å². The van der Waals surface area contributed by atoms with Gasteiger partial charge in [-0.25, -0.2) is 0 Å². The van der Waals surface area contributed by atoms with Gasteiger partial charge in [0.1, 0.15) is 0 Å². The van der Waals surface area contributed by atoms with Gasteiger partial charge in [-0.3, -0.25) is 0 Å². The Morgan fingerprint density at radius 3 is 2.29 bits per heavy atom. The zero-order valence-electron chi connectivity index (χ0n) is 13.5. The van der Waals surface area contributed by atoms with Crippen LogP contribution in [0.2, 0.25) is 0 Å². The van der Waals surface area contributed by atoms with Crippen LogP contribution in [0.4, 0.5) is 0 Å². The van der Waals surface area contributed by atoms with E-state index in [-0.39, 0.29) is 0 Å². The highest BCUT2D eigenvalue weighted by atomic mass is 15.0. The molecule has 0 aliphatic rings. The van der Waals surface area contributed by atoms with E-state index in [0.717, 1.165) is 0 Å². The summed E-state index contributed by atoms with van der Waals surface area (Å²) >= 11 is 0. The molecule has 0 bridgehead atoms. The molecule has 0 saturated heterocycles. The number of hydrogen-bond acceptors (Lipinski definition) is 0. The summed E-state index contributed by atoms with van der Waals surface area (Å²) in [6, 6.07) is 30.4. The summed E-state index contributed by atoms with van der Waals surface area (Å²) in [4.78, 5) is 0. The summed E-state index contributed by atoms with van der Waals surface area (Å²) in [5, 5.41) is 5.25. The number of aryl methyl sites for hydroxylation is 1. The summed E-state index contributed by atoms with van der Waals surface area (Å²) in [5.74, 6) is 0. The SMILES string of the molecule is Cc1cccc2c1c1ccc3ccccc3c1n2-c1ccccc1. The molecule has 5 aromatic rings. The van der Waals surface area contributed by atoms with E-state index in [2.05, 4.69) is 96.4 Å². The molecule has 0 atom stereocenters. The van der Waals surface area contributed by atoms with E-state index in [1.165, 1.54) is 43.8 Å². The van der Waals surface area contributed by atoms with Crippen molar-refractivity contribution in [2.24, 2.45) is 0 Å². The second-order valence-corrected chi connectivity index (χ2v) is 6.32. The van der Waals surface area contributed by atoms with Gasteiger partial charge >= 0.3 is 0 Å². The quantitative estimate of drug-likeness (QED) is 0.345. The van der Waals surface area contributed by atoms with E-state index >= 15 is 0 Å². The number of nitrogens with zero attached hydrogens (tertiary/aromatic N) is 1. The Morgan fingerprint density at radius 1 is 0.625 bits per heavy atom. The van der Waals surface area contributed by atoms with Crippen molar-refractivity contribution in [3.05, 3.63) is 90.5 Å². The van der Waals surface area contributed by atoms with Crippen LogP contribution in [0.5, 0.6) is 0 Å². The highest BCUT2D eigenvalue weighted by Crippen LogP contribution is 2.37. The molecule has 0 unspecified atom stereocenters. The number of fused-ring (bicyclic) bond motifs is 5. The van der Waals surface area contributed by atoms with Gasteiger partial charge in [0.05, 0.1) is 11.0 Å². The monoisotopic (exact) mass is 307 g/mol. The van der Waals surface area contributed by atoms with Gasteiger partial charge in [0.25, 0.3) is 0 Å². The van der Waals surface area contributed by atoms with Crippen molar-refractivity contribution in [1.82, 2.24) is 4.57 Å². The third-order valence-corrected chi connectivity index (χ3v) is 4.90. The van der Waals surface area contributed by atoms with Gasteiger partial charge in [-0.1, -0.05) is 66.7 Å². The maximum Gasteiger partial charge on any atom is 0.0619 e. The molecule has 1 heteroatoms. The molecule has 0 saturated carbocycles.